The van der Waals surface area contributed by atoms with E-state index in [0.29, 0.717) is 11.8 Å². The van der Waals surface area contributed by atoms with Crippen molar-refractivity contribution in [2.75, 3.05) is 0 Å². The molecular weight excluding hydrogens is 767 g/mol. The van der Waals surface area contributed by atoms with Gasteiger partial charge in [0.15, 0.2) is 0 Å². The van der Waals surface area contributed by atoms with Crippen molar-refractivity contribution in [3.05, 3.63) is 145 Å². The maximum Gasteiger partial charge on any atom is 4.00 e. The molecule has 0 radical (unpaired) electrons. The zero-order valence-corrected chi connectivity index (χ0v) is 36.0. The molecule has 0 bridgehead atoms. The molecule has 0 spiro atoms. The van der Waals surface area contributed by atoms with Crippen molar-refractivity contribution in [3.8, 4) is 22.3 Å². The van der Waals surface area contributed by atoms with Crippen LogP contribution >= 0.6 is 0 Å². The summed E-state index contributed by atoms with van der Waals surface area (Å²) in [5.74, 6) is 1.14. The van der Waals surface area contributed by atoms with Gasteiger partial charge in [0, 0.05) is 8.07 Å². The van der Waals surface area contributed by atoms with Gasteiger partial charge in [0.25, 0.3) is 0 Å². The number of halogens is 2. The number of fused-ring (bicyclic) bond motifs is 4. The average Bonchev–Trinajstić information content (AvgIpc) is 3.65. The monoisotopic (exact) mass is 810 g/mol. The smallest absolute Gasteiger partial charge is 1.00 e. The minimum absolute atomic E-state index is 0. The molecule has 260 valence electrons. The van der Waals surface area contributed by atoms with E-state index >= 15 is 0 Å². The molecule has 0 atom stereocenters. The normalized spacial score (nSPS) is 11.7. The number of hydrogen-bond acceptors (Lipinski definition) is 0. The minimum Gasteiger partial charge on any atom is -1.00 e. The van der Waals surface area contributed by atoms with E-state index in [9.17, 15) is 0 Å². The van der Waals surface area contributed by atoms with Crippen molar-refractivity contribution < 1.29 is 51.0 Å². The summed E-state index contributed by atoms with van der Waals surface area (Å²) in [4.78, 5) is 0. The fourth-order valence-corrected chi connectivity index (χ4v) is 12.9. The molecule has 8 rings (SSSR count). The van der Waals surface area contributed by atoms with Gasteiger partial charge in [-0.15, -0.1) is 69.1 Å². The van der Waals surface area contributed by atoms with E-state index in [1.165, 1.54) is 65.3 Å². The van der Waals surface area contributed by atoms with Crippen LogP contribution < -0.4 is 35.2 Å². The summed E-state index contributed by atoms with van der Waals surface area (Å²) in [6.07, 6.45) is 2.17. The standard InChI is InChI=1S/C48H46Si.2ClH.Zr/c1-31(2)27-37-29-35-19-13-25-43(41-23-11-17-33-15-7-9-21-39(33)41)45(35)47(37)49(5,6)48-38(28-32(3)4)30-36-20-14-26-44(46(36)48)42-24-12-18-34-16-8-10-22-40(34)42;;;/h7-26,29-32H,27-28H2,1-6H3;2*1H;/q-2;;;+4/p-2. The van der Waals surface area contributed by atoms with E-state index < -0.39 is 8.07 Å². The summed E-state index contributed by atoms with van der Waals surface area (Å²) in [6.45, 7) is 14.8. The van der Waals surface area contributed by atoms with E-state index in [1.807, 2.05) is 0 Å². The van der Waals surface area contributed by atoms with Crippen LogP contribution in [-0.4, -0.2) is 8.07 Å². The maximum atomic E-state index is 2.66. The third-order valence-corrected chi connectivity index (χ3v) is 14.3. The molecule has 0 saturated carbocycles. The summed E-state index contributed by atoms with van der Waals surface area (Å²) in [6, 6.07) is 50.6. The van der Waals surface area contributed by atoms with Crippen molar-refractivity contribution in [1.29, 1.82) is 0 Å². The predicted octanol–water partition coefficient (Wildman–Crippen LogP) is 6.30. The average molecular weight is 813 g/mol. The molecule has 0 fully saturated rings. The molecule has 4 heteroatoms. The van der Waals surface area contributed by atoms with Crippen LogP contribution in [0.2, 0.25) is 13.1 Å². The Bertz CT molecular complexity index is 2310. The molecule has 0 amide bonds. The first-order valence-electron chi connectivity index (χ1n) is 18.1. The van der Waals surface area contributed by atoms with E-state index in [1.54, 1.807) is 21.5 Å². The van der Waals surface area contributed by atoms with Crippen LogP contribution in [0.15, 0.2) is 133 Å². The molecule has 8 aromatic rings. The largest absolute Gasteiger partial charge is 4.00 e. The van der Waals surface area contributed by atoms with Gasteiger partial charge in [-0.25, -0.2) is 0 Å². The first-order chi connectivity index (χ1) is 23.7. The summed E-state index contributed by atoms with van der Waals surface area (Å²) < 4.78 is 0. The van der Waals surface area contributed by atoms with Crippen LogP contribution in [0.25, 0.3) is 65.3 Å². The van der Waals surface area contributed by atoms with E-state index in [4.69, 9.17) is 0 Å². The van der Waals surface area contributed by atoms with Crippen molar-refractivity contribution in [3.63, 3.8) is 0 Å². The van der Waals surface area contributed by atoms with Gasteiger partial charge in [0.05, 0.1) is 0 Å². The van der Waals surface area contributed by atoms with E-state index in [-0.39, 0.29) is 51.0 Å². The summed E-state index contributed by atoms with van der Waals surface area (Å²) in [5, 5.41) is 14.2. The molecule has 0 N–H and O–H groups in total. The Labute approximate surface area is 342 Å². The maximum absolute atomic E-state index is 2.66. The van der Waals surface area contributed by atoms with Gasteiger partial charge in [0.1, 0.15) is 0 Å². The topological polar surface area (TPSA) is 0 Å². The van der Waals surface area contributed by atoms with Gasteiger partial charge in [-0.2, -0.15) is 10.4 Å². The third kappa shape index (κ3) is 6.94. The molecular formula is C48H46Cl2SiZr. The van der Waals surface area contributed by atoms with Crippen molar-refractivity contribution in [2.45, 2.75) is 53.6 Å². The predicted molar refractivity (Wildman–Crippen MR) is 219 cm³/mol. The van der Waals surface area contributed by atoms with Crippen molar-refractivity contribution in [1.82, 2.24) is 0 Å². The zero-order chi connectivity index (χ0) is 33.9. The fraction of sp³-hybridized carbons (Fsp3) is 0.208. The molecule has 52 heavy (non-hydrogen) atoms. The molecule has 0 aliphatic rings. The molecule has 0 aliphatic heterocycles. The number of hydrogen-bond donors (Lipinski definition) is 0. The van der Waals surface area contributed by atoms with Crippen LogP contribution in [0.3, 0.4) is 0 Å². The Hall–Kier alpha value is -3.26. The van der Waals surface area contributed by atoms with E-state index in [2.05, 4.69) is 174 Å². The first-order valence-corrected chi connectivity index (χ1v) is 21.1. The van der Waals surface area contributed by atoms with Crippen molar-refractivity contribution in [2.24, 2.45) is 11.8 Å². The minimum atomic E-state index is -2.37. The van der Waals surface area contributed by atoms with Gasteiger partial charge in [-0.3, -0.25) is 0 Å². The van der Waals surface area contributed by atoms with E-state index in [0.717, 1.165) is 12.8 Å². The SMILES string of the molecule is CC(C)Cc1[cH-]c2cccc(-c3cccc4ccccc34)c2c1[Si](C)(C)c1c(CC(C)C)[cH-]c2cccc(-c3cccc4ccccc34)c12.[Cl-].[Cl-].[Zr+4]. The van der Waals surface area contributed by atoms with Gasteiger partial charge >= 0.3 is 26.2 Å². The summed E-state index contributed by atoms with van der Waals surface area (Å²) in [5.41, 5.74) is 8.50. The second kappa shape index (κ2) is 16.0. The Morgan fingerprint density at radius 3 is 1.21 bits per heavy atom. The van der Waals surface area contributed by atoms with Crippen LogP contribution in [0.1, 0.15) is 38.8 Å². The summed E-state index contributed by atoms with van der Waals surface area (Å²) >= 11 is 0. The van der Waals surface area contributed by atoms with Crippen LogP contribution in [-0.2, 0) is 39.0 Å². The number of benzene rings is 6. The molecule has 0 nitrogen and oxygen atoms in total. The van der Waals surface area contributed by atoms with Crippen LogP contribution in [0.5, 0.6) is 0 Å². The molecule has 0 aromatic heterocycles. The first kappa shape index (κ1) is 39.9. The van der Waals surface area contributed by atoms with Crippen LogP contribution in [0.4, 0.5) is 0 Å². The summed E-state index contributed by atoms with van der Waals surface area (Å²) in [7, 11) is -2.37. The van der Waals surface area contributed by atoms with Gasteiger partial charge < -0.3 is 24.8 Å². The third-order valence-electron chi connectivity index (χ3n) is 10.7. The van der Waals surface area contributed by atoms with Crippen molar-refractivity contribution >= 4 is 61.5 Å². The Morgan fingerprint density at radius 2 is 0.808 bits per heavy atom. The molecule has 0 heterocycles. The Balaban J connectivity index is 0.00000174. The second-order valence-corrected chi connectivity index (χ2v) is 19.8. The van der Waals surface area contributed by atoms with Gasteiger partial charge in [-0.1, -0.05) is 149 Å². The Kier molecular flexibility index (Phi) is 12.3. The van der Waals surface area contributed by atoms with Gasteiger partial charge in [0.2, 0.25) is 0 Å². The Morgan fingerprint density at radius 1 is 0.462 bits per heavy atom. The zero-order valence-electron chi connectivity index (χ0n) is 31.0. The molecule has 8 aromatic carbocycles. The second-order valence-electron chi connectivity index (χ2n) is 15.5. The quantitative estimate of drug-likeness (QED) is 0.125. The number of rotatable bonds is 8. The van der Waals surface area contributed by atoms with Crippen LogP contribution in [0, 0.1) is 11.8 Å². The molecule has 0 unspecified atom stereocenters. The fourth-order valence-electron chi connectivity index (χ4n) is 8.90. The molecule has 0 saturated heterocycles. The van der Waals surface area contributed by atoms with Gasteiger partial charge in [-0.05, 0) is 57.3 Å². The molecule has 0 aliphatic carbocycles.